The van der Waals surface area contributed by atoms with Gasteiger partial charge in [0.1, 0.15) is 0 Å². The molecule has 1 N–H and O–H groups in total. The van der Waals surface area contributed by atoms with Crippen molar-refractivity contribution in [3.63, 3.8) is 0 Å². The Hall–Kier alpha value is 0.270. The summed E-state index contributed by atoms with van der Waals surface area (Å²) in [5, 5.41) is 3.63. The molecular weight excluding hydrogens is 228 g/mol. The van der Waals surface area contributed by atoms with E-state index in [2.05, 4.69) is 30.4 Å². The van der Waals surface area contributed by atoms with E-state index in [0.29, 0.717) is 0 Å². The highest BCUT2D eigenvalue weighted by atomic mass is 32.2. The topological polar surface area (TPSA) is 15.3 Å². The SMILES string of the molecule is CSCCC(C)N(C)CCCC1CCCCN1. The van der Waals surface area contributed by atoms with Crippen LogP contribution in [0.1, 0.15) is 45.4 Å². The molecule has 0 aromatic rings. The van der Waals surface area contributed by atoms with Crippen LogP contribution in [0.15, 0.2) is 0 Å². The molecule has 1 aliphatic heterocycles. The van der Waals surface area contributed by atoms with Crippen LogP contribution >= 0.6 is 11.8 Å². The van der Waals surface area contributed by atoms with Crippen molar-refractivity contribution in [2.45, 2.75) is 57.5 Å². The molecule has 1 saturated heterocycles. The van der Waals surface area contributed by atoms with Gasteiger partial charge in [-0.3, -0.25) is 0 Å². The lowest BCUT2D eigenvalue weighted by atomic mass is 10.0. The van der Waals surface area contributed by atoms with Crippen LogP contribution in [0.3, 0.4) is 0 Å². The van der Waals surface area contributed by atoms with Gasteiger partial charge in [-0.05, 0) is 71.2 Å². The predicted octanol–water partition coefficient (Wildman–Crippen LogP) is 2.98. The summed E-state index contributed by atoms with van der Waals surface area (Å²) in [6, 6.07) is 1.54. The Bertz CT molecular complexity index is 181. The molecule has 0 saturated carbocycles. The molecule has 1 aliphatic rings. The molecule has 1 fully saturated rings. The summed E-state index contributed by atoms with van der Waals surface area (Å²) in [6.45, 7) is 4.85. The summed E-state index contributed by atoms with van der Waals surface area (Å²) in [4.78, 5) is 2.53. The fourth-order valence-corrected chi connectivity index (χ4v) is 3.06. The summed E-state index contributed by atoms with van der Waals surface area (Å²) in [5.74, 6) is 1.29. The predicted molar refractivity (Wildman–Crippen MR) is 80.0 cm³/mol. The van der Waals surface area contributed by atoms with E-state index in [1.165, 1.54) is 57.4 Å². The fourth-order valence-electron chi connectivity index (χ4n) is 2.49. The second-order valence-corrected chi connectivity index (χ2v) is 6.39. The van der Waals surface area contributed by atoms with Crippen LogP contribution in [0, 0.1) is 0 Å². The molecule has 1 heterocycles. The highest BCUT2D eigenvalue weighted by molar-refractivity contribution is 7.98. The van der Waals surface area contributed by atoms with Gasteiger partial charge in [-0.1, -0.05) is 6.42 Å². The fraction of sp³-hybridized carbons (Fsp3) is 1.00. The standard InChI is InChI=1S/C14H30N2S/c1-13(9-12-17-3)16(2)11-6-8-14-7-4-5-10-15-14/h13-15H,4-12H2,1-3H3. The van der Waals surface area contributed by atoms with Crippen LogP contribution < -0.4 is 5.32 Å². The number of thioether (sulfide) groups is 1. The van der Waals surface area contributed by atoms with Gasteiger partial charge in [0.2, 0.25) is 0 Å². The van der Waals surface area contributed by atoms with Crippen molar-refractivity contribution < 1.29 is 0 Å². The summed E-state index contributed by atoms with van der Waals surface area (Å²) >= 11 is 1.96. The Morgan fingerprint density at radius 1 is 1.41 bits per heavy atom. The Labute approximate surface area is 112 Å². The van der Waals surface area contributed by atoms with E-state index in [9.17, 15) is 0 Å². The number of nitrogens with one attached hydrogen (secondary N) is 1. The summed E-state index contributed by atoms with van der Waals surface area (Å²) in [6.07, 6.45) is 10.4. The van der Waals surface area contributed by atoms with Gasteiger partial charge in [0.15, 0.2) is 0 Å². The van der Waals surface area contributed by atoms with Crippen LogP contribution in [0.5, 0.6) is 0 Å². The van der Waals surface area contributed by atoms with Crippen LogP contribution in [-0.2, 0) is 0 Å². The lowest BCUT2D eigenvalue weighted by molar-refractivity contribution is 0.240. The van der Waals surface area contributed by atoms with Gasteiger partial charge in [-0.15, -0.1) is 0 Å². The number of hydrogen-bond acceptors (Lipinski definition) is 3. The average molecular weight is 258 g/mol. The van der Waals surface area contributed by atoms with Crippen molar-refractivity contribution in [2.75, 3.05) is 32.1 Å². The van der Waals surface area contributed by atoms with Crippen molar-refractivity contribution in [3.8, 4) is 0 Å². The summed E-state index contributed by atoms with van der Waals surface area (Å²) in [5.41, 5.74) is 0. The Morgan fingerprint density at radius 2 is 2.24 bits per heavy atom. The smallest absolute Gasteiger partial charge is 0.00717 e. The van der Waals surface area contributed by atoms with E-state index < -0.39 is 0 Å². The highest BCUT2D eigenvalue weighted by Gasteiger charge is 2.13. The molecule has 0 aromatic carbocycles. The zero-order valence-corrected chi connectivity index (χ0v) is 12.7. The lowest BCUT2D eigenvalue weighted by Gasteiger charge is -2.27. The maximum atomic E-state index is 3.63. The van der Waals surface area contributed by atoms with E-state index >= 15 is 0 Å². The molecule has 0 bridgehead atoms. The second-order valence-electron chi connectivity index (χ2n) is 5.40. The third-order valence-corrected chi connectivity index (χ3v) is 4.61. The lowest BCUT2D eigenvalue weighted by Crippen LogP contribution is -2.35. The molecule has 0 spiro atoms. The van der Waals surface area contributed by atoms with E-state index in [0.717, 1.165) is 12.1 Å². The maximum Gasteiger partial charge on any atom is 0.00717 e. The van der Waals surface area contributed by atoms with Gasteiger partial charge in [0.05, 0.1) is 0 Å². The first kappa shape index (κ1) is 15.3. The van der Waals surface area contributed by atoms with E-state index in [1.54, 1.807) is 0 Å². The van der Waals surface area contributed by atoms with Crippen molar-refractivity contribution in [2.24, 2.45) is 0 Å². The quantitative estimate of drug-likeness (QED) is 0.720. The molecule has 0 radical (unpaired) electrons. The molecule has 1 rings (SSSR count). The molecule has 3 heteroatoms. The monoisotopic (exact) mass is 258 g/mol. The molecule has 17 heavy (non-hydrogen) atoms. The third kappa shape index (κ3) is 6.68. The van der Waals surface area contributed by atoms with Crippen molar-refractivity contribution >= 4 is 11.8 Å². The van der Waals surface area contributed by atoms with Gasteiger partial charge in [-0.2, -0.15) is 11.8 Å². The average Bonchev–Trinajstić information content (AvgIpc) is 2.37. The Kier molecular flexibility index (Phi) is 8.33. The largest absolute Gasteiger partial charge is 0.314 e. The number of hydrogen-bond donors (Lipinski definition) is 1. The first-order valence-corrected chi connectivity index (χ1v) is 8.56. The van der Waals surface area contributed by atoms with Gasteiger partial charge in [-0.25, -0.2) is 0 Å². The summed E-state index contributed by atoms with van der Waals surface area (Å²) in [7, 11) is 2.28. The highest BCUT2D eigenvalue weighted by Crippen LogP contribution is 2.13. The Morgan fingerprint density at radius 3 is 2.88 bits per heavy atom. The van der Waals surface area contributed by atoms with Crippen molar-refractivity contribution in [1.29, 1.82) is 0 Å². The number of rotatable bonds is 8. The summed E-state index contributed by atoms with van der Waals surface area (Å²) < 4.78 is 0. The van der Waals surface area contributed by atoms with Crippen molar-refractivity contribution in [1.82, 2.24) is 10.2 Å². The van der Waals surface area contributed by atoms with E-state index in [1.807, 2.05) is 11.8 Å². The third-order valence-electron chi connectivity index (χ3n) is 3.97. The normalized spacial score (nSPS) is 22.9. The molecule has 0 aliphatic carbocycles. The minimum Gasteiger partial charge on any atom is -0.314 e. The minimum atomic E-state index is 0.738. The molecular formula is C14H30N2S. The van der Waals surface area contributed by atoms with Crippen LogP contribution in [0.2, 0.25) is 0 Å². The number of piperidine rings is 1. The van der Waals surface area contributed by atoms with Gasteiger partial charge < -0.3 is 10.2 Å². The maximum absolute atomic E-state index is 3.63. The molecule has 0 aromatic heterocycles. The van der Waals surface area contributed by atoms with Crippen LogP contribution in [0.25, 0.3) is 0 Å². The van der Waals surface area contributed by atoms with E-state index in [4.69, 9.17) is 0 Å². The first-order chi connectivity index (χ1) is 8.24. The van der Waals surface area contributed by atoms with Gasteiger partial charge >= 0.3 is 0 Å². The van der Waals surface area contributed by atoms with Gasteiger partial charge in [0.25, 0.3) is 0 Å². The zero-order valence-electron chi connectivity index (χ0n) is 11.9. The molecule has 2 unspecified atom stereocenters. The minimum absolute atomic E-state index is 0.738. The number of nitrogens with zero attached hydrogens (tertiary/aromatic N) is 1. The van der Waals surface area contributed by atoms with Crippen LogP contribution in [0.4, 0.5) is 0 Å². The van der Waals surface area contributed by atoms with Gasteiger partial charge in [0, 0.05) is 12.1 Å². The second kappa shape index (κ2) is 9.23. The first-order valence-electron chi connectivity index (χ1n) is 7.16. The Balaban J connectivity index is 2.04. The zero-order chi connectivity index (χ0) is 12.5. The molecule has 102 valence electrons. The van der Waals surface area contributed by atoms with E-state index in [-0.39, 0.29) is 0 Å². The molecule has 2 nitrogen and oxygen atoms in total. The molecule has 0 amide bonds. The van der Waals surface area contributed by atoms with Crippen molar-refractivity contribution in [3.05, 3.63) is 0 Å². The molecule has 2 atom stereocenters. The van der Waals surface area contributed by atoms with Crippen LogP contribution in [-0.4, -0.2) is 49.1 Å².